The van der Waals surface area contributed by atoms with Gasteiger partial charge in [0.25, 0.3) is 0 Å². The van der Waals surface area contributed by atoms with Gasteiger partial charge in [0.2, 0.25) is 0 Å². The molecule has 0 atom stereocenters. The molecule has 0 saturated carbocycles. The van der Waals surface area contributed by atoms with Crippen molar-refractivity contribution in [3.8, 4) is 0 Å². The predicted octanol–water partition coefficient (Wildman–Crippen LogP) is 1.81. The van der Waals surface area contributed by atoms with Crippen molar-refractivity contribution >= 4 is 17.6 Å². The summed E-state index contributed by atoms with van der Waals surface area (Å²) in [5, 5.41) is 0.697. The van der Waals surface area contributed by atoms with E-state index in [1.165, 1.54) is 5.56 Å². The number of thioether (sulfide) groups is 1. The molecule has 0 amide bonds. The molecule has 0 aliphatic carbocycles. The van der Waals surface area contributed by atoms with E-state index < -0.39 is 0 Å². The van der Waals surface area contributed by atoms with Crippen LogP contribution < -0.4 is 11.5 Å². The van der Waals surface area contributed by atoms with Gasteiger partial charge in [0, 0.05) is 18.5 Å². The average Bonchev–Trinajstić information content (AvgIpc) is 2.37. The van der Waals surface area contributed by atoms with Crippen molar-refractivity contribution in [2.75, 3.05) is 5.73 Å². The fourth-order valence-corrected chi connectivity index (χ4v) is 2.20. The van der Waals surface area contributed by atoms with E-state index in [9.17, 15) is 0 Å². The lowest BCUT2D eigenvalue weighted by Gasteiger charge is -2.03. The van der Waals surface area contributed by atoms with Gasteiger partial charge in [-0.1, -0.05) is 36.0 Å². The van der Waals surface area contributed by atoms with Crippen LogP contribution >= 0.6 is 11.8 Å². The van der Waals surface area contributed by atoms with Gasteiger partial charge >= 0.3 is 0 Å². The molecule has 0 radical (unpaired) electrons. The summed E-state index contributed by atoms with van der Waals surface area (Å²) in [5.74, 6) is 1.32. The Morgan fingerprint density at radius 1 is 1.18 bits per heavy atom. The average molecular weight is 246 g/mol. The summed E-state index contributed by atoms with van der Waals surface area (Å²) in [7, 11) is 0. The zero-order chi connectivity index (χ0) is 12.1. The fraction of sp³-hybridized carbons (Fsp3) is 0.167. The molecule has 0 spiro atoms. The number of benzene rings is 1. The molecule has 1 heterocycles. The summed E-state index contributed by atoms with van der Waals surface area (Å²) in [4.78, 5) is 8.28. The minimum absolute atomic E-state index is 0.498. The number of rotatable bonds is 4. The third-order valence-electron chi connectivity index (χ3n) is 2.25. The van der Waals surface area contributed by atoms with Crippen molar-refractivity contribution in [3.63, 3.8) is 0 Å². The monoisotopic (exact) mass is 246 g/mol. The molecule has 1 aromatic heterocycles. The highest BCUT2D eigenvalue weighted by Crippen LogP contribution is 2.19. The molecular formula is C12H14N4S. The number of nitrogen functional groups attached to an aromatic ring is 1. The van der Waals surface area contributed by atoms with E-state index in [1.54, 1.807) is 24.0 Å². The maximum absolute atomic E-state index is 5.60. The van der Waals surface area contributed by atoms with Crippen LogP contribution in [0.2, 0.25) is 0 Å². The smallest absolute Gasteiger partial charge is 0.189 e. The molecule has 88 valence electrons. The number of nitrogens with two attached hydrogens (primary N) is 2. The van der Waals surface area contributed by atoms with Gasteiger partial charge < -0.3 is 11.5 Å². The van der Waals surface area contributed by atoms with Crippen LogP contribution in [0.1, 0.15) is 11.1 Å². The lowest BCUT2D eigenvalue weighted by molar-refractivity contribution is 0.975. The van der Waals surface area contributed by atoms with E-state index >= 15 is 0 Å². The molecule has 0 unspecified atom stereocenters. The maximum Gasteiger partial charge on any atom is 0.189 e. The predicted molar refractivity (Wildman–Crippen MR) is 70.3 cm³/mol. The van der Waals surface area contributed by atoms with Gasteiger partial charge in [-0.25, -0.2) is 9.97 Å². The third-order valence-corrected chi connectivity index (χ3v) is 3.18. The normalized spacial score (nSPS) is 10.4. The summed E-state index contributed by atoms with van der Waals surface area (Å²) in [6, 6.07) is 9.88. The number of anilines is 1. The van der Waals surface area contributed by atoms with Gasteiger partial charge in [-0.3, -0.25) is 0 Å². The molecule has 0 bridgehead atoms. The van der Waals surface area contributed by atoms with Crippen molar-refractivity contribution < 1.29 is 0 Å². The van der Waals surface area contributed by atoms with Gasteiger partial charge in [-0.2, -0.15) is 0 Å². The molecular weight excluding hydrogens is 232 g/mol. The van der Waals surface area contributed by atoms with Gasteiger partial charge in [0.1, 0.15) is 5.82 Å². The third kappa shape index (κ3) is 3.44. The minimum atomic E-state index is 0.498. The molecule has 17 heavy (non-hydrogen) atoms. The molecule has 1 aromatic carbocycles. The Morgan fingerprint density at radius 3 is 2.76 bits per heavy atom. The Kier molecular flexibility index (Phi) is 3.95. The Bertz CT molecular complexity index is 501. The molecule has 4 nitrogen and oxygen atoms in total. The highest BCUT2D eigenvalue weighted by atomic mass is 32.2. The molecule has 5 heteroatoms. The summed E-state index contributed by atoms with van der Waals surface area (Å²) in [6.07, 6.45) is 1.67. The van der Waals surface area contributed by atoms with Crippen LogP contribution in [0.4, 0.5) is 5.82 Å². The largest absolute Gasteiger partial charge is 0.384 e. The molecule has 2 aromatic rings. The highest BCUT2D eigenvalue weighted by molar-refractivity contribution is 7.98. The summed E-state index contributed by atoms with van der Waals surface area (Å²) in [6.45, 7) is 0.563. The van der Waals surface area contributed by atoms with Crippen LogP contribution in [0.15, 0.2) is 41.7 Å². The Labute approximate surface area is 104 Å². The van der Waals surface area contributed by atoms with Gasteiger partial charge in [0.15, 0.2) is 5.16 Å². The standard InChI is InChI=1S/C12H14N4S/c13-7-9-2-1-3-10(6-9)8-17-12-15-5-4-11(14)16-12/h1-6H,7-8,13H2,(H2,14,15,16). The Morgan fingerprint density at radius 2 is 2.00 bits per heavy atom. The van der Waals surface area contributed by atoms with Crippen LogP contribution in [0.25, 0.3) is 0 Å². The zero-order valence-corrected chi connectivity index (χ0v) is 10.2. The van der Waals surface area contributed by atoms with Crippen molar-refractivity contribution in [1.82, 2.24) is 9.97 Å². The Balaban J connectivity index is 2.02. The van der Waals surface area contributed by atoms with E-state index in [-0.39, 0.29) is 0 Å². The number of hydrogen-bond acceptors (Lipinski definition) is 5. The van der Waals surface area contributed by atoms with E-state index in [0.29, 0.717) is 17.5 Å². The SMILES string of the molecule is NCc1cccc(CSc2nccc(N)n2)c1. The van der Waals surface area contributed by atoms with Crippen molar-refractivity contribution in [3.05, 3.63) is 47.7 Å². The first-order valence-corrected chi connectivity index (χ1v) is 6.25. The quantitative estimate of drug-likeness (QED) is 0.635. The first-order valence-electron chi connectivity index (χ1n) is 5.27. The first-order chi connectivity index (χ1) is 8.28. The molecule has 2 rings (SSSR count). The van der Waals surface area contributed by atoms with Crippen molar-refractivity contribution in [2.24, 2.45) is 5.73 Å². The summed E-state index contributed by atoms with van der Waals surface area (Å²) in [5.41, 5.74) is 13.5. The first kappa shape index (κ1) is 11.9. The number of hydrogen-bond donors (Lipinski definition) is 2. The zero-order valence-electron chi connectivity index (χ0n) is 9.34. The van der Waals surface area contributed by atoms with E-state index in [1.807, 2.05) is 12.1 Å². The lowest BCUT2D eigenvalue weighted by Crippen LogP contribution is -1.97. The molecule has 4 N–H and O–H groups in total. The van der Waals surface area contributed by atoms with Crippen LogP contribution in [0.5, 0.6) is 0 Å². The molecule has 0 fully saturated rings. The summed E-state index contributed by atoms with van der Waals surface area (Å²) >= 11 is 1.56. The van der Waals surface area contributed by atoms with Gasteiger partial charge in [0.05, 0.1) is 0 Å². The number of nitrogens with zero attached hydrogens (tertiary/aromatic N) is 2. The second kappa shape index (κ2) is 5.65. The fourth-order valence-electron chi connectivity index (χ4n) is 1.42. The summed E-state index contributed by atoms with van der Waals surface area (Å²) < 4.78 is 0. The lowest BCUT2D eigenvalue weighted by atomic mass is 10.1. The van der Waals surface area contributed by atoms with E-state index in [4.69, 9.17) is 11.5 Å². The van der Waals surface area contributed by atoms with Crippen molar-refractivity contribution in [2.45, 2.75) is 17.5 Å². The topological polar surface area (TPSA) is 77.8 Å². The van der Waals surface area contributed by atoms with Crippen molar-refractivity contribution in [1.29, 1.82) is 0 Å². The second-order valence-electron chi connectivity index (χ2n) is 3.58. The van der Waals surface area contributed by atoms with Crippen LogP contribution in [-0.4, -0.2) is 9.97 Å². The van der Waals surface area contributed by atoms with Crippen LogP contribution in [-0.2, 0) is 12.3 Å². The van der Waals surface area contributed by atoms with Crippen LogP contribution in [0, 0.1) is 0 Å². The minimum Gasteiger partial charge on any atom is -0.384 e. The highest BCUT2D eigenvalue weighted by Gasteiger charge is 2.00. The maximum atomic E-state index is 5.60. The molecule has 0 saturated heterocycles. The number of aromatic nitrogens is 2. The molecule has 0 aliphatic heterocycles. The Hall–Kier alpha value is -1.59. The van der Waals surface area contributed by atoms with Crippen LogP contribution in [0.3, 0.4) is 0 Å². The van der Waals surface area contributed by atoms with Gasteiger partial charge in [-0.05, 0) is 17.2 Å². The van der Waals surface area contributed by atoms with E-state index in [0.717, 1.165) is 11.3 Å². The van der Waals surface area contributed by atoms with E-state index in [2.05, 4.69) is 22.1 Å². The second-order valence-corrected chi connectivity index (χ2v) is 4.52. The van der Waals surface area contributed by atoms with Gasteiger partial charge in [-0.15, -0.1) is 0 Å². The molecule has 0 aliphatic rings.